The zero-order chi connectivity index (χ0) is 25.8. The van der Waals surface area contributed by atoms with E-state index in [2.05, 4.69) is 37.7 Å². The van der Waals surface area contributed by atoms with Crippen molar-refractivity contribution in [3.05, 3.63) is 90.2 Å². The van der Waals surface area contributed by atoms with Gasteiger partial charge in [-0.05, 0) is 43.7 Å². The van der Waals surface area contributed by atoms with Gasteiger partial charge in [0.25, 0.3) is 5.91 Å². The number of para-hydroxylation sites is 1. The molecule has 0 aliphatic heterocycles. The number of pyridine rings is 2. The van der Waals surface area contributed by atoms with Gasteiger partial charge in [-0.15, -0.1) is 10.2 Å². The molecule has 0 aliphatic carbocycles. The Labute approximate surface area is 207 Å². The van der Waals surface area contributed by atoms with Gasteiger partial charge in [0.2, 0.25) is 0 Å². The van der Waals surface area contributed by atoms with Gasteiger partial charge in [-0.2, -0.15) is 0 Å². The Morgan fingerprint density at radius 3 is 2.43 bits per heavy atom. The molecule has 3 N–H and O–H groups in total. The van der Waals surface area contributed by atoms with Crippen molar-refractivity contribution in [2.24, 2.45) is 0 Å². The molecule has 0 saturated carbocycles. The molecule has 0 bridgehead atoms. The number of nitrogens with zero attached hydrogens (tertiary/aromatic N) is 4. The molecule has 0 radical (unpaired) electrons. The molecule has 4 rings (SSSR count). The number of aromatic nitrogens is 4. The summed E-state index contributed by atoms with van der Waals surface area (Å²) >= 11 is 0. The topological polar surface area (TPSA) is 96.2 Å². The van der Waals surface area contributed by atoms with Gasteiger partial charge in [-0.3, -0.25) is 9.20 Å². The van der Waals surface area contributed by atoms with Crippen LogP contribution in [0, 0.1) is 6.92 Å². The van der Waals surface area contributed by atoms with Gasteiger partial charge in [-0.25, -0.2) is 4.98 Å². The molecule has 8 nitrogen and oxygen atoms in total. The van der Waals surface area contributed by atoms with E-state index in [0.717, 1.165) is 22.6 Å². The fraction of sp³-hybridized carbons (Fsp3) is 0.259. The van der Waals surface area contributed by atoms with Crippen LogP contribution in [0.15, 0.2) is 73.2 Å². The highest BCUT2D eigenvalue weighted by atomic mass is 16.1. The van der Waals surface area contributed by atoms with Crippen molar-refractivity contribution in [2.75, 3.05) is 10.6 Å². The third-order valence-corrected chi connectivity index (χ3v) is 4.69. The number of carbonyl (C=O) groups is 1. The SMILES string of the molecule is C=C(C)Nc1cc(C(=O)NCc2nnc3ccccn23)cnc1Nc1ccccc1C.CC.CC. The summed E-state index contributed by atoms with van der Waals surface area (Å²) in [5.41, 5.74) is 4.59. The number of hydrogen-bond donors (Lipinski definition) is 3. The van der Waals surface area contributed by atoms with Gasteiger partial charge in [-0.1, -0.05) is 58.5 Å². The predicted octanol–water partition coefficient (Wildman–Crippen LogP) is 6.10. The minimum Gasteiger partial charge on any atom is -0.357 e. The largest absolute Gasteiger partial charge is 0.357 e. The average Bonchev–Trinajstić information content (AvgIpc) is 3.30. The molecule has 0 fully saturated rings. The van der Waals surface area contributed by atoms with E-state index in [9.17, 15) is 4.79 Å². The minimum atomic E-state index is -0.257. The van der Waals surface area contributed by atoms with E-state index >= 15 is 0 Å². The molecule has 1 aromatic carbocycles. The first-order chi connectivity index (χ1) is 17.0. The number of anilines is 3. The highest BCUT2D eigenvalue weighted by molar-refractivity contribution is 5.95. The van der Waals surface area contributed by atoms with Crippen molar-refractivity contribution >= 4 is 28.7 Å². The molecular weight excluding hydrogens is 438 g/mol. The average molecular weight is 474 g/mol. The molecule has 0 atom stereocenters. The molecule has 0 aliphatic rings. The zero-order valence-corrected chi connectivity index (χ0v) is 21.4. The van der Waals surface area contributed by atoms with Crippen molar-refractivity contribution in [1.29, 1.82) is 0 Å². The summed E-state index contributed by atoms with van der Waals surface area (Å²) in [6.07, 6.45) is 3.40. The third kappa shape index (κ3) is 7.14. The highest BCUT2D eigenvalue weighted by Crippen LogP contribution is 2.27. The van der Waals surface area contributed by atoms with E-state index in [1.54, 1.807) is 12.3 Å². The maximum Gasteiger partial charge on any atom is 0.253 e. The lowest BCUT2D eigenvalue weighted by Crippen LogP contribution is -2.24. The lowest BCUT2D eigenvalue weighted by atomic mass is 10.2. The number of nitrogens with one attached hydrogen (secondary N) is 3. The lowest BCUT2D eigenvalue weighted by molar-refractivity contribution is 0.0949. The number of hydrogen-bond acceptors (Lipinski definition) is 6. The smallest absolute Gasteiger partial charge is 0.253 e. The molecule has 3 heterocycles. The minimum absolute atomic E-state index is 0.247. The summed E-state index contributed by atoms with van der Waals surface area (Å²) in [5, 5.41) is 17.6. The van der Waals surface area contributed by atoms with Crippen LogP contribution in [-0.4, -0.2) is 25.5 Å². The summed E-state index contributed by atoms with van der Waals surface area (Å²) in [5.74, 6) is 1.000. The molecule has 0 saturated heterocycles. The van der Waals surface area contributed by atoms with Crippen molar-refractivity contribution in [1.82, 2.24) is 24.9 Å². The molecule has 3 aromatic heterocycles. The molecule has 1 amide bonds. The molecule has 184 valence electrons. The van der Waals surface area contributed by atoms with Gasteiger partial charge in [0, 0.05) is 23.8 Å². The van der Waals surface area contributed by atoms with Crippen LogP contribution in [0.2, 0.25) is 0 Å². The number of carbonyl (C=O) groups excluding carboxylic acids is 1. The Morgan fingerprint density at radius 2 is 1.71 bits per heavy atom. The Bertz CT molecular complexity index is 1260. The monoisotopic (exact) mass is 473 g/mol. The van der Waals surface area contributed by atoms with Crippen LogP contribution in [-0.2, 0) is 6.54 Å². The van der Waals surface area contributed by atoms with Crippen LogP contribution in [0.5, 0.6) is 0 Å². The van der Waals surface area contributed by atoms with Crippen LogP contribution >= 0.6 is 0 Å². The Kier molecular flexibility index (Phi) is 10.4. The van der Waals surface area contributed by atoms with E-state index in [-0.39, 0.29) is 12.5 Å². The van der Waals surface area contributed by atoms with Crippen LogP contribution in [0.25, 0.3) is 5.65 Å². The third-order valence-electron chi connectivity index (χ3n) is 4.69. The highest BCUT2D eigenvalue weighted by Gasteiger charge is 2.13. The van der Waals surface area contributed by atoms with E-state index in [1.807, 2.05) is 94.6 Å². The molecule has 8 heteroatoms. The van der Waals surface area contributed by atoms with E-state index < -0.39 is 0 Å². The van der Waals surface area contributed by atoms with Crippen molar-refractivity contribution in [2.45, 2.75) is 48.1 Å². The van der Waals surface area contributed by atoms with Crippen LogP contribution < -0.4 is 16.0 Å². The van der Waals surface area contributed by atoms with E-state index in [0.29, 0.717) is 22.9 Å². The quantitative estimate of drug-likeness (QED) is 0.300. The molecular formula is C27H35N7O. The summed E-state index contributed by atoms with van der Waals surface area (Å²) < 4.78 is 1.84. The second kappa shape index (κ2) is 13.5. The van der Waals surface area contributed by atoms with Crippen LogP contribution in [0.4, 0.5) is 17.2 Å². The Hall–Kier alpha value is -4.20. The summed E-state index contributed by atoms with van der Waals surface area (Å²) in [6.45, 7) is 16.0. The summed E-state index contributed by atoms with van der Waals surface area (Å²) in [6, 6.07) is 15.3. The number of benzene rings is 1. The second-order valence-electron chi connectivity index (χ2n) is 7.19. The number of allylic oxidation sites excluding steroid dienone is 1. The lowest BCUT2D eigenvalue weighted by Gasteiger charge is -2.15. The fourth-order valence-electron chi connectivity index (χ4n) is 3.13. The maximum absolute atomic E-state index is 12.8. The number of aryl methyl sites for hydroxylation is 1. The zero-order valence-electron chi connectivity index (χ0n) is 21.4. The first-order valence-electron chi connectivity index (χ1n) is 11.8. The van der Waals surface area contributed by atoms with Crippen molar-refractivity contribution < 1.29 is 4.79 Å². The maximum atomic E-state index is 12.8. The van der Waals surface area contributed by atoms with Gasteiger partial charge >= 0.3 is 0 Å². The van der Waals surface area contributed by atoms with Gasteiger partial charge in [0.05, 0.1) is 17.8 Å². The van der Waals surface area contributed by atoms with E-state index in [4.69, 9.17) is 0 Å². The second-order valence-corrected chi connectivity index (χ2v) is 7.19. The van der Waals surface area contributed by atoms with Gasteiger partial charge in [0.15, 0.2) is 17.3 Å². The first kappa shape index (κ1) is 27.0. The van der Waals surface area contributed by atoms with Gasteiger partial charge in [0.1, 0.15) is 0 Å². The van der Waals surface area contributed by atoms with Crippen molar-refractivity contribution in [3.8, 4) is 0 Å². The standard InChI is InChI=1S/C23H23N7O.2C2H6/c1-15(2)26-19-12-17(13-24-22(19)27-18-9-5-4-8-16(18)3)23(31)25-14-21-29-28-20-10-6-7-11-30(20)21;2*1-2/h4-13,26H,1,14H2,2-3H3,(H,24,27)(H,25,31);2*1-2H3. The molecule has 0 spiro atoms. The Morgan fingerprint density at radius 1 is 1.00 bits per heavy atom. The summed E-state index contributed by atoms with van der Waals surface area (Å²) in [7, 11) is 0. The van der Waals surface area contributed by atoms with Crippen LogP contribution in [0.3, 0.4) is 0 Å². The summed E-state index contributed by atoms with van der Waals surface area (Å²) in [4.78, 5) is 17.2. The number of rotatable bonds is 7. The first-order valence-corrected chi connectivity index (χ1v) is 11.8. The Balaban J connectivity index is 0.00000103. The molecule has 4 aromatic rings. The predicted molar refractivity (Wildman–Crippen MR) is 144 cm³/mol. The number of amides is 1. The van der Waals surface area contributed by atoms with Crippen molar-refractivity contribution in [3.63, 3.8) is 0 Å². The molecule has 35 heavy (non-hydrogen) atoms. The fourth-order valence-corrected chi connectivity index (χ4v) is 3.13. The van der Waals surface area contributed by atoms with Gasteiger partial charge < -0.3 is 16.0 Å². The molecule has 0 unspecified atom stereocenters. The number of fused-ring (bicyclic) bond motifs is 1. The normalized spacial score (nSPS) is 9.77. The van der Waals surface area contributed by atoms with Crippen LogP contribution in [0.1, 0.15) is 56.4 Å². The van der Waals surface area contributed by atoms with E-state index in [1.165, 1.54) is 0 Å².